The number of hydrogen-bond donors (Lipinski definition) is 2. The molecule has 0 heterocycles. The predicted molar refractivity (Wildman–Crippen MR) is 46.6 cm³/mol. The largest absolute Gasteiger partial charge is 0.393 e. The number of aliphatic hydroxyl groups excluding tert-OH is 1. The molecular weight excluding hydrogens is 152 g/mol. The average molecular weight is 170 g/mol. The molecule has 0 aromatic carbocycles. The highest BCUT2D eigenvalue weighted by Crippen LogP contribution is 2.61. The molecule has 0 aromatic rings. The van der Waals surface area contributed by atoms with Gasteiger partial charge in [0.1, 0.15) is 0 Å². The lowest BCUT2D eigenvalue weighted by Gasteiger charge is -2.44. The van der Waals surface area contributed by atoms with Gasteiger partial charge in [-0.3, -0.25) is 0 Å². The van der Waals surface area contributed by atoms with E-state index in [4.69, 9.17) is 0 Å². The van der Waals surface area contributed by atoms with E-state index in [1.54, 1.807) is 0 Å². The maximum Gasteiger partial charge on any atom is 0.0958 e. The Kier molecular flexibility index (Phi) is 1.59. The molecule has 0 aromatic heterocycles. The Hall–Kier alpha value is -0.0800. The smallest absolute Gasteiger partial charge is 0.0958 e. The molecule has 2 fully saturated rings. The van der Waals surface area contributed by atoms with Crippen LogP contribution in [0.25, 0.3) is 0 Å². The zero-order valence-electron chi connectivity index (χ0n) is 7.88. The third kappa shape index (κ3) is 0.728. The van der Waals surface area contributed by atoms with Crippen LogP contribution < -0.4 is 0 Å². The van der Waals surface area contributed by atoms with Crippen LogP contribution in [0.1, 0.15) is 33.1 Å². The average Bonchev–Trinajstić information content (AvgIpc) is 2.55. The van der Waals surface area contributed by atoms with E-state index in [9.17, 15) is 10.2 Å². The molecule has 3 atom stereocenters. The lowest BCUT2D eigenvalue weighted by Crippen LogP contribution is -2.52. The second kappa shape index (κ2) is 2.24. The molecule has 2 N–H and O–H groups in total. The van der Waals surface area contributed by atoms with Crippen molar-refractivity contribution in [2.75, 3.05) is 6.61 Å². The van der Waals surface area contributed by atoms with Crippen LogP contribution in [-0.4, -0.2) is 22.4 Å². The second-order valence-corrected chi connectivity index (χ2v) is 5.01. The Bertz CT molecular complexity index is 200. The molecule has 2 aliphatic rings. The van der Waals surface area contributed by atoms with Crippen molar-refractivity contribution in [2.45, 2.75) is 38.7 Å². The summed E-state index contributed by atoms with van der Waals surface area (Å²) in [6, 6.07) is 0. The summed E-state index contributed by atoms with van der Waals surface area (Å²) in [5.41, 5.74) is -0.874. The number of aliphatic hydroxyl groups is 2. The van der Waals surface area contributed by atoms with E-state index in [-0.39, 0.29) is 12.0 Å². The van der Waals surface area contributed by atoms with E-state index in [0.29, 0.717) is 11.8 Å². The van der Waals surface area contributed by atoms with Gasteiger partial charge in [-0.2, -0.15) is 0 Å². The molecule has 2 bridgehead atoms. The van der Waals surface area contributed by atoms with Gasteiger partial charge < -0.3 is 10.2 Å². The predicted octanol–water partition coefficient (Wildman–Crippen LogP) is 1.17. The van der Waals surface area contributed by atoms with Gasteiger partial charge in [-0.15, -0.1) is 0 Å². The van der Waals surface area contributed by atoms with Gasteiger partial charge in [-0.1, -0.05) is 13.8 Å². The summed E-state index contributed by atoms with van der Waals surface area (Å²) in [7, 11) is 0. The van der Waals surface area contributed by atoms with E-state index in [0.717, 1.165) is 12.8 Å². The van der Waals surface area contributed by atoms with E-state index >= 15 is 0 Å². The third-order valence-electron chi connectivity index (χ3n) is 4.49. The van der Waals surface area contributed by atoms with Crippen molar-refractivity contribution in [3.63, 3.8) is 0 Å². The van der Waals surface area contributed by atoms with Gasteiger partial charge in [0.15, 0.2) is 0 Å². The SMILES string of the molecule is CC1(C)[C@H]2CC[C@H](C2)[C@]1(O)CO. The first kappa shape index (κ1) is 8.52. The van der Waals surface area contributed by atoms with Crippen LogP contribution in [0.5, 0.6) is 0 Å². The Morgan fingerprint density at radius 1 is 1.25 bits per heavy atom. The van der Waals surface area contributed by atoms with Crippen molar-refractivity contribution in [1.82, 2.24) is 0 Å². The first-order chi connectivity index (χ1) is 5.52. The van der Waals surface area contributed by atoms with E-state index in [1.165, 1.54) is 6.42 Å². The van der Waals surface area contributed by atoms with Crippen LogP contribution >= 0.6 is 0 Å². The van der Waals surface area contributed by atoms with Gasteiger partial charge >= 0.3 is 0 Å². The summed E-state index contributed by atoms with van der Waals surface area (Å²) < 4.78 is 0. The summed E-state index contributed by atoms with van der Waals surface area (Å²) in [5.74, 6) is 0.974. The first-order valence-corrected chi connectivity index (χ1v) is 4.85. The topological polar surface area (TPSA) is 40.5 Å². The minimum atomic E-state index is -0.796. The van der Waals surface area contributed by atoms with Gasteiger partial charge in [-0.25, -0.2) is 0 Å². The maximum atomic E-state index is 10.3. The summed E-state index contributed by atoms with van der Waals surface area (Å²) in [4.78, 5) is 0. The molecule has 12 heavy (non-hydrogen) atoms. The molecule has 2 heteroatoms. The Morgan fingerprint density at radius 2 is 1.83 bits per heavy atom. The highest BCUT2D eigenvalue weighted by molar-refractivity contribution is 5.11. The normalized spacial score (nSPS) is 50.0. The zero-order chi connectivity index (χ0) is 8.98. The molecule has 0 aliphatic heterocycles. The minimum absolute atomic E-state index is 0.0683. The van der Waals surface area contributed by atoms with Crippen molar-refractivity contribution in [3.05, 3.63) is 0 Å². The molecule has 2 rings (SSSR count). The Morgan fingerprint density at radius 3 is 2.17 bits per heavy atom. The summed E-state index contributed by atoms with van der Waals surface area (Å²) in [6.45, 7) is 4.11. The van der Waals surface area contributed by atoms with Gasteiger partial charge in [0.05, 0.1) is 12.2 Å². The summed E-state index contributed by atoms with van der Waals surface area (Å²) in [5, 5.41) is 19.5. The highest BCUT2D eigenvalue weighted by Gasteiger charge is 2.61. The van der Waals surface area contributed by atoms with Crippen molar-refractivity contribution in [2.24, 2.45) is 17.3 Å². The van der Waals surface area contributed by atoms with Gasteiger partial charge in [0.25, 0.3) is 0 Å². The Balaban J connectivity index is 2.34. The van der Waals surface area contributed by atoms with Crippen molar-refractivity contribution in [1.29, 1.82) is 0 Å². The van der Waals surface area contributed by atoms with Gasteiger partial charge in [-0.05, 0) is 36.5 Å². The monoisotopic (exact) mass is 170 g/mol. The van der Waals surface area contributed by atoms with Crippen LogP contribution in [0.4, 0.5) is 0 Å². The molecule has 0 radical (unpaired) electrons. The van der Waals surface area contributed by atoms with Gasteiger partial charge in [0.2, 0.25) is 0 Å². The van der Waals surface area contributed by atoms with E-state index in [2.05, 4.69) is 13.8 Å². The molecule has 2 aliphatic carbocycles. The molecule has 0 unspecified atom stereocenters. The zero-order valence-corrected chi connectivity index (χ0v) is 7.88. The van der Waals surface area contributed by atoms with E-state index in [1.807, 2.05) is 0 Å². The van der Waals surface area contributed by atoms with Gasteiger partial charge in [0, 0.05) is 0 Å². The van der Waals surface area contributed by atoms with Crippen LogP contribution in [0, 0.1) is 17.3 Å². The maximum absolute atomic E-state index is 10.3. The summed E-state index contributed by atoms with van der Waals surface area (Å²) >= 11 is 0. The number of rotatable bonds is 1. The van der Waals surface area contributed by atoms with Crippen molar-refractivity contribution >= 4 is 0 Å². The first-order valence-electron chi connectivity index (χ1n) is 4.85. The number of hydrogen-bond acceptors (Lipinski definition) is 2. The quantitative estimate of drug-likeness (QED) is 0.620. The molecule has 0 amide bonds. The molecule has 2 saturated carbocycles. The van der Waals surface area contributed by atoms with Crippen molar-refractivity contribution in [3.8, 4) is 0 Å². The fourth-order valence-electron chi connectivity index (χ4n) is 3.28. The van der Waals surface area contributed by atoms with Crippen LogP contribution in [-0.2, 0) is 0 Å². The third-order valence-corrected chi connectivity index (χ3v) is 4.49. The van der Waals surface area contributed by atoms with Crippen LogP contribution in [0.3, 0.4) is 0 Å². The number of fused-ring (bicyclic) bond motifs is 2. The summed E-state index contributed by atoms with van der Waals surface area (Å²) in [6.07, 6.45) is 3.45. The van der Waals surface area contributed by atoms with Crippen molar-refractivity contribution < 1.29 is 10.2 Å². The van der Waals surface area contributed by atoms with Crippen LogP contribution in [0.15, 0.2) is 0 Å². The second-order valence-electron chi connectivity index (χ2n) is 5.01. The molecule has 70 valence electrons. The lowest BCUT2D eigenvalue weighted by molar-refractivity contribution is -0.135. The highest BCUT2D eigenvalue weighted by atomic mass is 16.3. The standard InChI is InChI=1S/C10H18O2/c1-9(2)7-3-4-8(5-7)10(9,12)6-11/h7-8,11-12H,3-6H2,1-2H3/t7-,8+,10+/m0/s1. The fourth-order valence-corrected chi connectivity index (χ4v) is 3.28. The molecule has 2 nitrogen and oxygen atoms in total. The van der Waals surface area contributed by atoms with Crippen LogP contribution in [0.2, 0.25) is 0 Å². The Labute approximate surface area is 73.6 Å². The molecular formula is C10H18O2. The molecule has 0 spiro atoms. The fraction of sp³-hybridized carbons (Fsp3) is 1.00. The lowest BCUT2D eigenvalue weighted by atomic mass is 9.66. The minimum Gasteiger partial charge on any atom is -0.393 e. The molecule has 0 saturated heterocycles. The van der Waals surface area contributed by atoms with E-state index < -0.39 is 5.60 Å².